The van der Waals surface area contributed by atoms with Crippen molar-refractivity contribution in [1.82, 2.24) is 0 Å². The summed E-state index contributed by atoms with van der Waals surface area (Å²) in [5.74, 6) is -4.52. The van der Waals surface area contributed by atoms with E-state index in [2.05, 4.69) is 4.74 Å². The summed E-state index contributed by atoms with van der Waals surface area (Å²) in [5, 5.41) is 25.7. The van der Waals surface area contributed by atoms with Gasteiger partial charge >= 0.3 is 11.9 Å². The topological polar surface area (TPSA) is 104 Å². The molecule has 1 rings (SSSR count). The first kappa shape index (κ1) is 14.1. The van der Waals surface area contributed by atoms with Gasteiger partial charge in [-0.15, -0.1) is 0 Å². The molecule has 17 heavy (non-hydrogen) atoms. The Labute approximate surface area is 99.2 Å². The minimum absolute atomic E-state index is 0.227. The Morgan fingerprint density at radius 3 is 2.24 bits per heavy atom. The fourth-order valence-corrected chi connectivity index (χ4v) is 1.85. The molecule has 6 heteroatoms. The molecule has 0 bridgehead atoms. The van der Waals surface area contributed by atoms with E-state index in [1.807, 2.05) is 0 Å². The first-order valence-electron chi connectivity index (χ1n) is 5.80. The maximum atomic E-state index is 11.5. The van der Waals surface area contributed by atoms with Gasteiger partial charge in [0.15, 0.2) is 0 Å². The third-order valence-electron chi connectivity index (χ3n) is 2.82. The Balaban J connectivity index is 2.27. The van der Waals surface area contributed by atoms with Gasteiger partial charge in [0.1, 0.15) is 0 Å². The zero-order valence-electron chi connectivity index (χ0n) is 9.59. The Morgan fingerprint density at radius 2 is 1.71 bits per heavy atom. The third kappa shape index (κ3) is 5.76. The van der Waals surface area contributed by atoms with Crippen molar-refractivity contribution in [2.24, 2.45) is 5.92 Å². The highest BCUT2D eigenvalue weighted by atomic mass is 16.7. The fourth-order valence-electron chi connectivity index (χ4n) is 1.85. The molecule has 98 valence electrons. The van der Waals surface area contributed by atoms with Gasteiger partial charge in [-0.25, -0.2) is 0 Å². The minimum Gasteiger partial charge on any atom is -0.393 e. The molecule has 0 aromatic rings. The molecule has 0 aromatic heterocycles. The standard InChI is InChI=1S/C11H18O6/c12-9(6-7-11(14,15)16)17-10(13)8-4-2-1-3-5-8/h8,14-16H,1-7H2. The predicted molar refractivity (Wildman–Crippen MR) is 56.3 cm³/mol. The Hall–Kier alpha value is -0.980. The summed E-state index contributed by atoms with van der Waals surface area (Å²) >= 11 is 0. The second kappa shape index (κ2) is 6.09. The van der Waals surface area contributed by atoms with Crippen LogP contribution < -0.4 is 0 Å². The molecule has 0 aromatic carbocycles. The lowest BCUT2D eigenvalue weighted by Crippen LogP contribution is -2.29. The minimum atomic E-state index is -2.90. The van der Waals surface area contributed by atoms with Crippen molar-refractivity contribution in [2.45, 2.75) is 50.9 Å². The number of rotatable bonds is 4. The molecule has 3 N–H and O–H groups in total. The molecule has 0 amide bonds. The van der Waals surface area contributed by atoms with Crippen molar-refractivity contribution in [3.8, 4) is 0 Å². The number of hydrogen-bond acceptors (Lipinski definition) is 6. The van der Waals surface area contributed by atoms with Crippen molar-refractivity contribution in [2.75, 3.05) is 0 Å². The van der Waals surface area contributed by atoms with E-state index in [4.69, 9.17) is 15.3 Å². The normalized spacial score (nSPS) is 17.8. The third-order valence-corrected chi connectivity index (χ3v) is 2.82. The van der Waals surface area contributed by atoms with E-state index in [-0.39, 0.29) is 5.92 Å². The molecular formula is C11H18O6. The summed E-state index contributed by atoms with van der Waals surface area (Å²) in [4.78, 5) is 22.7. The molecule has 0 atom stereocenters. The lowest BCUT2D eigenvalue weighted by atomic mass is 9.89. The average Bonchev–Trinajstić information content (AvgIpc) is 2.27. The van der Waals surface area contributed by atoms with Crippen LogP contribution in [0.2, 0.25) is 0 Å². The van der Waals surface area contributed by atoms with Gasteiger partial charge in [-0.2, -0.15) is 0 Å². The van der Waals surface area contributed by atoms with Gasteiger partial charge in [-0.3, -0.25) is 9.59 Å². The van der Waals surface area contributed by atoms with Crippen LogP contribution in [0.4, 0.5) is 0 Å². The van der Waals surface area contributed by atoms with E-state index in [1.54, 1.807) is 0 Å². The molecule has 1 aliphatic carbocycles. The average molecular weight is 246 g/mol. The van der Waals surface area contributed by atoms with E-state index >= 15 is 0 Å². The first-order chi connectivity index (χ1) is 7.88. The monoisotopic (exact) mass is 246 g/mol. The van der Waals surface area contributed by atoms with Crippen LogP contribution in [0.3, 0.4) is 0 Å². The van der Waals surface area contributed by atoms with Gasteiger partial charge in [0, 0.05) is 6.42 Å². The summed E-state index contributed by atoms with van der Waals surface area (Å²) in [6.07, 6.45) is 3.49. The zero-order chi connectivity index (χ0) is 12.9. The molecule has 1 saturated carbocycles. The summed E-state index contributed by atoms with van der Waals surface area (Å²) in [6.45, 7) is 0. The van der Waals surface area contributed by atoms with E-state index in [1.165, 1.54) is 0 Å². The molecule has 0 aliphatic heterocycles. The van der Waals surface area contributed by atoms with Gasteiger partial charge in [-0.1, -0.05) is 19.3 Å². The summed E-state index contributed by atoms with van der Waals surface area (Å²) in [5.41, 5.74) is 0. The van der Waals surface area contributed by atoms with Crippen LogP contribution in [0.1, 0.15) is 44.9 Å². The van der Waals surface area contributed by atoms with Gasteiger partial charge < -0.3 is 20.1 Å². The van der Waals surface area contributed by atoms with Gasteiger partial charge in [0.2, 0.25) is 0 Å². The van der Waals surface area contributed by atoms with E-state index in [0.29, 0.717) is 0 Å². The smallest absolute Gasteiger partial charge is 0.316 e. The van der Waals surface area contributed by atoms with Crippen molar-refractivity contribution in [3.63, 3.8) is 0 Å². The fraction of sp³-hybridized carbons (Fsp3) is 0.818. The zero-order valence-corrected chi connectivity index (χ0v) is 9.59. The number of esters is 2. The van der Waals surface area contributed by atoms with Crippen molar-refractivity contribution >= 4 is 11.9 Å². The molecule has 0 heterocycles. The molecule has 0 unspecified atom stereocenters. The van der Waals surface area contributed by atoms with Crippen LogP contribution in [0.15, 0.2) is 0 Å². The highest BCUT2D eigenvalue weighted by Gasteiger charge is 2.26. The van der Waals surface area contributed by atoms with E-state index in [0.717, 1.165) is 32.1 Å². The Kier molecular flexibility index (Phi) is 5.04. The summed E-state index contributed by atoms with van der Waals surface area (Å²) in [7, 11) is 0. The lowest BCUT2D eigenvalue weighted by Gasteiger charge is -2.19. The van der Waals surface area contributed by atoms with Crippen LogP contribution in [0, 0.1) is 5.92 Å². The highest BCUT2D eigenvalue weighted by molar-refractivity contribution is 5.86. The van der Waals surface area contributed by atoms with Gasteiger partial charge in [0.25, 0.3) is 5.97 Å². The molecule has 6 nitrogen and oxygen atoms in total. The van der Waals surface area contributed by atoms with Crippen LogP contribution >= 0.6 is 0 Å². The molecular weight excluding hydrogens is 228 g/mol. The predicted octanol–water partition coefficient (Wildman–Crippen LogP) is 0.0474. The summed E-state index contributed by atoms with van der Waals surface area (Å²) < 4.78 is 4.57. The van der Waals surface area contributed by atoms with Gasteiger partial charge in [-0.05, 0) is 12.8 Å². The van der Waals surface area contributed by atoms with Crippen LogP contribution in [-0.2, 0) is 14.3 Å². The van der Waals surface area contributed by atoms with Crippen molar-refractivity contribution < 1.29 is 29.6 Å². The Morgan fingerprint density at radius 1 is 1.12 bits per heavy atom. The van der Waals surface area contributed by atoms with Crippen LogP contribution in [0.25, 0.3) is 0 Å². The number of hydrogen-bond donors (Lipinski definition) is 3. The van der Waals surface area contributed by atoms with Gasteiger partial charge in [0.05, 0.1) is 12.3 Å². The van der Waals surface area contributed by atoms with Crippen LogP contribution in [0.5, 0.6) is 0 Å². The number of carbonyl (C=O) groups excluding carboxylic acids is 2. The second-order valence-electron chi connectivity index (χ2n) is 4.40. The molecule has 1 aliphatic rings. The first-order valence-corrected chi connectivity index (χ1v) is 5.80. The van der Waals surface area contributed by atoms with E-state index in [9.17, 15) is 9.59 Å². The molecule has 0 saturated heterocycles. The Bertz CT molecular complexity index is 274. The molecule has 0 radical (unpaired) electrons. The van der Waals surface area contributed by atoms with Crippen LogP contribution in [-0.4, -0.2) is 33.2 Å². The molecule has 1 fully saturated rings. The van der Waals surface area contributed by atoms with E-state index < -0.39 is 30.8 Å². The van der Waals surface area contributed by atoms with Crippen molar-refractivity contribution in [1.29, 1.82) is 0 Å². The SMILES string of the molecule is O=C(CCC(O)(O)O)OC(=O)C1CCCCC1. The quantitative estimate of drug-likeness (QED) is 0.368. The number of carbonyl (C=O) groups is 2. The summed E-state index contributed by atoms with van der Waals surface area (Å²) in [6, 6.07) is 0. The number of aliphatic hydroxyl groups is 3. The maximum Gasteiger partial charge on any atom is 0.316 e. The lowest BCUT2D eigenvalue weighted by molar-refractivity contribution is -0.314. The van der Waals surface area contributed by atoms with Crippen molar-refractivity contribution in [3.05, 3.63) is 0 Å². The largest absolute Gasteiger partial charge is 0.393 e. The second-order valence-corrected chi connectivity index (χ2v) is 4.40. The molecule has 0 spiro atoms. The maximum absolute atomic E-state index is 11.5. The number of ether oxygens (including phenoxy) is 1. The highest BCUT2D eigenvalue weighted by Crippen LogP contribution is 2.24.